The molecule has 0 spiro atoms. The standard InChI is InChI=1S/C26H30N2O6/c29-11-10-27-25(31)19-13-20(23(30)24-22(19)18-7-3-4-8-21(18)34-24)28(14-16-9-12-33-15-16)26(32)17-5-1-2-6-17/h3-4,7-9,12-13,15,17,20,22-24,29-30H,1-2,5-6,10-11,14H2,(H,27,31)/t20-,22+,23+,24+/m1/s1. The van der Waals surface area contributed by atoms with Gasteiger partial charge in [0, 0.05) is 35.7 Å². The Bertz CT molecular complexity index is 1060. The van der Waals surface area contributed by atoms with Gasteiger partial charge in [-0.2, -0.15) is 0 Å². The van der Waals surface area contributed by atoms with Crippen molar-refractivity contribution in [1.29, 1.82) is 0 Å². The van der Waals surface area contributed by atoms with E-state index in [1.807, 2.05) is 24.3 Å². The fourth-order valence-electron chi connectivity index (χ4n) is 5.51. The second-order valence-corrected chi connectivity index (χ2v) is 9.26. The molecule has 0 radical (unpaired) electrons. The van der Waals surface area contributed by atoms with Gasteiger partial charge in [0.05, 0.1) is 31.1 Å². The Hall–Kier alpha value is -3.10. The molecule has 0 bridgehead atoms. The average Bonchev–Trinajstić information content (AvgIpc) is 3.62. The van der Waals surface area contributed by atoms with Crippen LogP contribution in [0.1, 0.15) is 42.7 Å². The lowest BCUT2D eigenvalue weighted by Crippen LogP contribution is -2.56. The largest absolute Gasteiger partial charge is 0.486 e. The van der Waals surface area contributed by atoms with Crippen LogP contribution >= 0.6 is 0 Å². The molecule has 0 saturated heterocycles. The number of aliphatic hydroxyl groups excluding tert-OH is 2. The number of carbonyl (C=O) groups excluding carboxylic acids is 2. The Labute approximate surface area is 198 Å². The van der Waals surface area contributed by atoms with Crippen LogP contribution in [0, 0.1) is 5.92 Å². The fourth-order valence-corrected chi connectivity index (χ4v) is 5.51. The van der Waals surface area contributed by atoms with Crippen LogP contribution in [0.25, 0.3) is 0 Å². The number of aliphatic hydroxyl groups is 2. The highest BCUT2D eigenvalue weighted by atomic mass is 16.5. The smallest absolute Gasteiger partial charge is 0.247 e. The van der Waals surface area contributed by atoms with Crippen molar-refractivity contribution in [1.82, 2.24) is 10.2 Å². The number of para-hydroxylation sites is 1. The van der Waals surface area contributed by atoms with E-state index in [9.17, 15) is 19.8 Å². The summed E-state index contributed by atoms with van der Waals surface area (Å²) < 4.78 is 11.4. The second kappa shape index (κ2) is 9.64. The van der Waals surface area contributed by atoms with Gasteiger partial charge in [0.15, 0.2) is 0 Å². The van der Waals surface area contributed by atoms with Crippen LogP contribution in [0.15, 0.2) is 58.9 Å². The van der Waals surface area contributed by atoms with Gasteiger partial charge in [-0.3, -0.25) is 9.59 Å². The summed E-state index contributed by atoms with van der Waals surface area (Å²) in [5.41, 5.74) is 2.09. The zero-order valence-corrected chi connectivity index (χ0v) is 18.9. The lowest BCUT2D eigenvalue weighted by atomic mass is 9.77. The van der Waals surface area contributed by atoms with Crippen molar-refractivity contribution >= 4 is 11.8 Å². The van der Waals surface area contributed by atoms with Gasteiger partial charge < -0.3 is 29.6 Å². The topological polar surface area (TPSA) is 112 Å². The van der Waals surface area contributed by atoms with Crippen LogP contribution in [0.4, 0.5) is 0 Å². The predicted molar refractivity (Wildman–Crippen MR) is 123 cm³/mol. The van der Waals surface area contributed by atoms with Crippen LogP contribution < -0.4 is 10.1 Å². The van der Waals surface area contributed by atoms with Gasteiger partial charge in [-0.25, -0.2) is 0 Å². The van der Waals surface area contributed by atoms with E-state index in [0.717, 1.165) is 36.8 Å². The Morgan fingerprint density at radius 1 is 1.15 bits per heavy atom. The molecule has 1 fully saturated rings. The molecule has 2 aliphatic carbocycles. The first kappa shape index (κ1) is 22.7. The minimum Gasteiger partial charge on any atom is -0.486 e. The Morgan fingerprint density at radius 3 is 2.68 bits per heavy atom. The highest BCUT2D eigenvalue weighted by Crippen LogP contribution is 2.47. The van der Waals surface area contributed by atoms with Crippen molar-refractivity contribution in [3.63, 3.8) is 0 Å². The summed E-state index contributed by atoms with van der Waals surface area (Å²) in [6.45, 7) is 0.196. The van der Waals surface area contributed by atoms with Crippen molar-refractivity contribution in [2.24, 2.45) is 5.92 Å². The first-order valence-corrected chi connectivity index (χ1v) is 11.9. The lowest BCUT2D eigenvalue weighted by molar-refractivity contribution is -0.142. The van der Waals surface area contributed by atoms with E-state index in [1.165, 1.54) is 0 Å². The monoisotopic (exact) mass is 466 g/mol. The predicted octanol–water partition coefficient (Wildman–Crippen LogP) is 2.12. The molecule has 3 aliphatic rings. The SMILES string of the molecule is O=C(NCCO)C1=C[C@@H](N(Cc2ccoc2)C(=O)C2CCCC2)[C@H](O)[C@H]2Oc3ccccc3[C@@H]12. The maximum absolute atomic E-state index is 13.7. The number of nitrogens with zero attached hydrogens (tertiary/aromatic N) is 1. The molecule has 180 valence electrons. The number of ether oxygens (including phenoxy) is 1. The normalized spacial score (nSPS) is 25.8. The molecule has 2 aromatic rings. The molecule has 4 atom stereocenters. The molecule has 3 N–H and O–H groups in total. The first-order valence-electron chi connectivity index (χ1n) is 11.9. The van der Waals surface area contributed by atoms with Gasteiger partial charge >= 0.3 is 0 Å². The zero-order chi connectivity index (χ0) is 23.7. The van der Waals surface area contributed by atoms with Gasteiger partial charge in [-0.05, 0) is 31.1 Å². The first-order chi connectivity index (χ1) is 16.6. The van der Waals surface area contributed by atoms with Crippen LogP contribution in [0.5, 0.6) is 5.75 Å². The summed E-state index contributed by atoms with van der Waals surface area (Å²) in [5.74, 6) is -0.292. The number of furan rings is 1. The van der Waals surface area contributed by atoms with E-state index >= 15 is 0 Å². The van der Waals surface area contributed by atoms with E-state index in [1.54, 1.807) is 29.6 Å². The molecule has 5 rings (SSSR count). The minimum absolute atomic E-state index is 0.0249. The third-order valence-electron chi connectivity index (χ3n) is 7.16. The molecule has 1 aliphatic heterocycles. The molecular formula is C26H30N2O6. The number of hydrogen-bond donors (Lipinski definition) is 3. The molecule has 1 aromatic carbocycles. The molecule has 2 heterocycles. The number of carbonyl (C=O) groups is 2. The van der Waals surface area contributed by atoms with Crippen LogP contribution in [0.2, 0.25) is 0 Å². The summed E-state index contributed by atoms with van der Waals surface area (Å²) in [4.78, 5) is 28.5. The Balaban J connectivity index is 1.54. The quantitative estimate of drug-likeness (QED) is 0.576. The maximum atomic E-state index is 13.7. The van der Waals surface area contributed by atoms with E-state index in [0.29, 0.717) is 11.3 Å². The second-order valence-electron chi connectivity index (χ2n) is 9.26. The lowest BCUT2D eigenvalue weighted by Gasteiger charge is -2.41. The molecule has 1 saturated carbocycles. The Morgan fingerprint density at radius 2 is 1.94 bits per heavy atom. The molecule has 8 heteroatoms. The highest BCUT2D eigenvalue weighted by molar-refractivity contribution is 5.96. The van der Waals surface area contributed by atoms with Gasteiger partial charge in [-0.1, -0.05) is 31.0 Å². The zero-order valence-electron chi connectivity index (χ0n) is 18.9. The van der Waals surface area contributed by atoms with E-state index < -0.39 is 24.2 Å². The number of rotatable bonds is 7. The minimum atomic E-state index is -1.02. The van der Waals surface area contributed by atoms with Crippen molar-refractivity contribution in [2.45, 2.75) is 56.4 Å². The van der Waals surface area contributed by atoms with Crippen LogP contribution in [0.3, 0.4) is 0 Å². The summed E-state index contributed by atoms with van der Waals surface area (Å²) >= 11 is 0. The third-order valence-corrected chi connectivity index (χ3v) is 7.16. The van der Waals surface area contributed by atoms with E-state index in [-0.39, 0.29) is 37.4 Å². The molecule has 0 unspecified atom stereocenters. The van der Waals surface area contributed by atoms with Crippen molar-refractivity contribution < 1.29 is 29.0 Å². The van der Waals surface area contributed by atoms with Gasteiger partial charge in [-0.15, -0.1) is 0 Å². The molecular weight excluding hydrogens is 436 g/mol. The summed E-state index contributed by atoms with van der Waals surface area (Å²) in [6.07, 6.45) is 6.81. The highest BCUT2D eigenvalue weighted by Gasteiger charge is 2.50. The summed E-state index contributed by atoms with van der Waals surface area (Å²) in [7, 11) is 0. The van der Waals surface area contributed by atoms with Crippen LogP contribution in [-0.2, 0) is 16.1 Å². The fraction of sp³-hybridized carbons (Fsp3) is 0.462. The summed E-state index contributed by atoms with van der Waals surface area (Å²) in [5, 5.41) is 23.5. The van der Waals surface area contributed by atoms with Gasteiger partial charge in [0.1, 0.15) is 18.0 Å². The Kier molecular flexibility index (Phi) is 6.43. The van der Waals surface area contributed by atoms with Crippen molar-refractivity contribution in [3.05, 3.63) is 65.6 Å². The van der Waals surface area contributed by atoms with Crippen LogP contribution in [-0.4, -0.2) is 58.3 Å². The summed E-state index contributed by atoms with van der Waals surface area (Å²) in [6, 6.07) is 8.51. The number of fused-ring (bicyclic) bond motifs is 3. The third kappa shape index (κ3) is 4.12. The average molecular weight is 467 g/mol. The number of nitrogens with one attached hydrogen (secondary N) is 1. The van der Waals surface area contributed by atoms with E-state index in [4.69, 9.17) is 9.15 Å². The molecule has 2 amide bonds. The van der Waals surface area contributed by atoms with E-state index in [2.05, 4.69) is 5.32 Å². The van der Waals surface area contributed by atoms with Crippen molar-refractivity contribution in [3.8, 4) is 5.75 Å². The number of hydrogen-bond acceptors (Lipinski definition) is 6. The number of benzene rings is 1. The molecule has 8 nitrogen and oxygen atoms in total. The van der Waals surface area contributed by atoms with Gasteiger partial charge in [0.25, 0.3) is 0 Å². The number of amides is 2. The molecule has 1 aromatic heterocycles. The van der Waals surface area contributed by atoms with Crippen molar-refractivity contribution in [2.75, 3.05) is 13.2 Å². The molecule has 34 heavy (non-hydrogen) atoms. The van der Waals surface area contributed by atoms with Gasteiger partial charge in [0.2, 0.25) is 11.8 Å². The maximum Gasteiger partial charge on any atom is 0.247 e.